The molecule has 0 saturated heterocycles. The molecule has 2 heterocycles. The monoisotopic (exact) mass is 300 g/mol. The summed E-state index contributed by atoms with van der Waals surface area (Å²) in [6.07, 6.45) is 5.92. The first-order valence-electron chi connectivity index (χ1n) is 6.50. The molecule has 0 saturated carbocycles. The lowest BCUT2D eigenvalue weighted by molar-refractivity contribution is 0.103. The maximum absolute atomic E-state index is 12.1. The molecule has 0 aliphatic rings. The van der Waals surface area contributed by atoms with Crippen molar-refractivity contribution in [3.63, 3.8) is 0 Å². The minimum absolute atomic E-state index is 0.142. The van der Waals surface area contributed by atoms with Crippen molar-refractivity contribution in [2.75, 3.05) is 21.2 Å². The molecule has 22 heavy (non-hydrogen) atoms. The number of hydrogen-bond acceptors (Lipinski definition) is 6. The van der Waals surface area contributed by atoms with Gasteiger partial charge in [0.25, 0.3) is 0 Å². The zero-order valence-electron chi connectivity index (χ0n) is 12.6. The number of carbonyl (C=O) groups excluding carboxylic acids is 1. The van der Waals surface area contributed by atoms with Crippen LogP contribution < -0.4 is 10.2 Å². The number of nitrogens with zero attached hydrogens (tertiary/aromatic N) is 4. The molecule has 0 radical (unpaired) electrons. The van der Waals surface area contributed by atoms with E-state index in [9.17, 15) is 9.59 Å². The zero-order valence-corrected chi connectivity index (χ0v) is 12.6. The molecule has 0 aliphatic heterocycles. The standard InChI is InChI=1S/C15H16N4O3/c1-18(2)8-5-12(20)15-13(21)6-9-19(17-15)11-4-7-16-14(10-11)22-3/h4-10H,1-3H3/b8-5+. The fraction of sp³-hybridized carbons (Fsp3) is 0.200. The van der Waals surface area contributed by atoms with Crippen molar-refractivity contribution in [1.82, 2.24) is 19.7 Å². The fourth-order valence-corrected chi connectivity index (χ4v) is 1.67. The van der Waals surface area contributed by atoms with Crippen molar-refractivity contribution in [3.8, 4) is 11.6 Å². The van der Waals surface area contributed by atoms with E-state index in [0.29, 0.717) is 11.6 Å². The van der Waals surface area contributed by atoms with Gasteiger partial charge in [-0.05, 0) is 6.07 Å². The van der Waals surface area contributed by atoms with Gasteiger partial charge in [0.2, 0.25) is 17.1 Å². The smallest absolute Gasteiger partial charge is 0.215 e. The Kier molecular flexibility index (Phi) is 4.67. The van der Waals surface area contributed by atoms with Crippen LogP contribution in [0.2, 0.25) is 0 Å². The maximum atomic E-state index is 12.1. The second-order valence-corrected chi connectivity index (χ2v) is 4.67. The lowest BCUT2D eigenvalue weighted by Gasteiger charge is -2.07. The van der Waals surface area contributed by atoms with E-state index in [4.69, 9.17) is 4.74 Å². The summed E-state index contributed by atoms with van der Waals surface area (Å²) in [6, 6.07) is 4.65. The molecule has 2 aromatic heterocycles. The van der Waals surface area contributed by atoms with Gasteiger partial charge >= 0.3 is 0 Å². The largest absolute Gasteiger partial charge is 0.481 e. The summed E-state index contributed by atoms with van der Waals surface area (Å²) in [6.45, 7) is 0. The number of methoxy groups -OCH3 is 1. The van der Waals surface area contributed by atoms with Gasteiger partial charge in [-0.15, -0.1) is 0 Å². The number of ketones is 1. The normalized spacial score (nSPS) is 10.7. The third kappa shape index (κ3) is 3.57. The van der Waals surface area contributed by atoms with Crippen LogP contribution >= 0.6 is 0 Å². The van der Waals surface area contributed by atoms with Crippen molar-refractivity contribution in [1.29, 1.82) is 0 Å². The van der Waals surface area contributed by atoms with Crippen LogP contribution in [0, 0.1) is 0 Å². The number of pyridine rings is 1. The lowest BCUT2D eigenvalue weighted by atomic mass is 10.2. The summed E-state index contributed by atoms with van der Waals surface area (Å²) in [4.78, 5) is 29.6. The van der Waals surface area contributed by atoms with Gasteiger partial charge in [-0.25, -0.2) is 9.67 Å². The number of ether oxygens (including phenoxy) is 1. The first kappa shape index (κ1) is 15.4. The summed E-state index contributed by atoms with van der Waals surface area (Å²) in [5, 5.41) is 4.10. The number of carbonyl (C=O) groups is 1. The molecular weight excluding hydrogens is 284 g/mol. The van der Waals surface area contributed by atoms with Crippen molar-refractivity contribution in [2.45, 2.75) is 0 Å². The van der Waals surface area contributed by atoms with E-state index in [2.05, 4.69) is 10.1 Å². The molecule has 2 rings (SSSR count). The van der Waals surface area contributed by atoms with Gasteiger partial charge in [0.1, 0.15) is 0 Å². The SMILES string of the molecule is COc1cc(-n2ccc(=O)c(C(=O)/C=C/N(C)C)n2)ccn1. The molecule has 2 aromatic rings. The van der Waals surface area contributed by atoms with E-state index >= 15 is 0 Å². The Balaban J connectivity index is 2.42. The molecule has 0 amide bonds. The summed E-state index contributed by atoms with van der Waals surface area (Å²) in [5.41, 5.74) is 0.0690. The Labute approximate surface area is 127 Å². The van der Waals surface area contributed by atoms with Gasteiger partial charge in [0, 0.05) is 50.9 Å². The summed E-state index contributed by atoms with van der Waals surface area (Å²) < 4.78 is 6.48. The van der Waals surface area contributed by atoms with Crippen LogP contribution in [0.4, 0.5) is 0 Å². The molecule has 0 N–H and O–H groups in total. The number of hydrogen-bond donors (Lipinski definition) is 0. The van der Waals surface area contributed by atoms with Crippen LogP contribution in [-0.2, 0) is 0 Å². The first-order valence-corrected chi connectivity index (χ1v) is 6.50. The Morgan fingerprint density at radius 2 is 2.14 bits per heavy atom. The van der Waals surface area contributed by atoms with Crippen LogP contribution in [-0.4, -0.2) is 46.7 Å². The minimum atomic E-state index is -0.450. The third-order valence-corrected chi connectivity index (χ3v) is 2.76. The van der Waals surface area contributed by atoms with Crippen LogP contribution in [0.3, 0.4) is 0 Å². The molecule has 7 heteroatoms. The van der Waals surface area contributed by atoms with E-state index in [1.54, 1.807) is 43.5 Å². The van der Waals surface area contributed by atoms with Crippen molar-refractivity contribution >= 4 is 5.78 Å². The average Bonchev–Trinajstić information content (AvgIpc) is 2.53. The Hall–Kier alpha value is -2.96. The molecule has 7 nitrogen and oxygen atoms in total. The van der Waals surface area contributed by atoms with E-state index in [0.717, 1.165) is 0 Å². The molecule has 0 spiro atoms. The molecule has 0 bridgehead atoms. The molecule has 0 fully saturated rings. The fourth-order valence-electron chi connectivity index (χ4n) is 1.67. The maximum Gasteiger partial charge on any atom is 0.215 e. The second kappa shape index (κ2) is 6.66. The highest BCUT2D eigenvalue weighted by atomic mass is 16.5. The molecule has 114 valence electrons. The van der Waals surface area contributed by atoms with Gasteiger partial charge in [-0.2, -0.15) is 5.10 Å². The van der Waals surface area contributed by atoms with Crippen LogP contribution in [0.15, 0.2) is 47.7 Å². The van der Waals surface area contributed by atoms with Gasteiger partial charge in [-0.3, -0.25) is 9.59 Å². The predicted octanol–water partition coefficient (Wildman–Crippen LogP) is 0.894. The van der Waals surface area contributed by atoms with Gasteiger partial charge in [0.15, 0.2) is 5.69 Å². The minimum Gasteiger partial charge on any atom is -0.481 e. The Bertz CT molecular complexity index is 765. The molecule has 0 unspecified atom stereocenters. The quantitative estimate of drug-likeness (QED) is 0.603. The highest BCUT2D eigenvalue weighted by Crippen LogP contribution is 2.11. The second-order valence-electron chi connectivity index (χ2n) is 4.67. The van der Waals surface area contributed by atoms with Crippen molar-refractivity contribution < 1.29 is 9.53 Å². The summed E-state index contributed by atoms with van der Waals surface area (Å²) in [7, 11) is 5.07. The van der Waals surface area contributed by atoms with Crippen LogP contribution in [0.5, 0.6) is 5.88 Å². The van der Waals surface area contributed by atoms with E-state index < -0.39 is 11.2 Å². The summed E-state index contributed by atoms with van der Waals surface area (Å²) >= 11 is 0. The first-order chi connectivity index (χ1) is 10.5. The van der Waals surface area contributed by atoms with E-state index in [-0.39, 0.29) is 5.69 Å². The molecule has 0 atom stereocenters. The molecule has 0 aromatic carbocycles. The van der Waals surface area contributed by atoms with Crippen molar-refractivity contribution in [2.24, 2.45) is 0 Å². The van der Waals surface area contributed by atoms with Gasteiger partial charge in [0.05, 0.1) is 12.8 Å². The average molecular weight is 300 g/mol. The third-order valence-electron chi connectivity index (χ3n) is 2.76. The molecular formula is C15H16N4O3. The highest BCUT2D eigenvalue weighted by Gasteiger charge is 2.11. The van der Waals surface area contributed by atoms with Gasteiger partial charge < -0.3 is 9.64 Å². The van der Waals surface area contributed by atoms with Gasteiger partial charge in [-0.1, -0.05) is 0 Å². The van der Waals surface area contributed by atoms with E-state index in [1.807, 2.05) is 0 Å². The van der Waals surface area contributed by atoms with Crippen LogP contribution in [0.25, 0.3) is 5.69 Å². The van der Waals surface area contributed by atoms with Crippen molar-refractivity contribution in [3.05, 3.63) is 58.8 Å². The Morgan fingerprint density at radius 3 is 2.82 bits per heavy atom. The predicted molar refractivity (Wildman–Crippen MR) is 81.3 cm³/mol. The topological polar surface area (TPSA) is 77.3 Å². The van der Waals surface area contributed by atoms with E-state index in [1.165, 1.54) is 30.1 Å². The zero-order chi connectivity index (χ0) is 16.1. The number of aromatic nitrogens is 3. The Morgan fingerprint density at radius 1 is 1.36 bits per heavy atom. The number of allylic oxidation sites excluding steroid dienone is 1. The van der Waals surface area contributed by atoms with Crippen LogP contribution in [0.1, 0.15) is 10.5 Å². The molecule has 0 aliphatic carbocycles. The number of rotatable bonds is 5. The lowest BCUT2D eigenvalue weighted by Crippen LogP contribution is -2.20. The highest BCUT2D eigenvalue weighted by molar-refractivity contribution is 6.02. The summed E-state index contributed by atoms with van der Waals surface area (Å²) in [5.74, 6) is -0.0348.